The van der Waals surface area contributed by atoms with Gasteiger partial charge in [-0.2, -0.15) is 0 Å². The van der Waals surface area contributed by atoms with E-state index in [9.17, 15) is 4.79 Å². The number of hydrogen-bond donors (Lipinski definition) is 3. The molecule has 1 unspecified atom stereocenters. The number of thiophene rings is 1. The molecule has 0 saturated carbocycles. The molecule has 166 valence electrons. The van der Waals surface area contributed by atoms with Crippen molar-refractivity contribution in [3.63, 3.8) is 0 Å². The molecule has 2 aromatic rings. The van der Waals surface area contributed by atoms with Crippen LogP contribution in [0.1, 0.15) is 40.6 Å². The molecule has 0 saturated heterocycles. The number of likely N-dealkylation sites (N-methyl/N-ethyl adjacent to an activating group) is 1. The molecule has 0 fully saturated rings. The quantitative estimate of drug-likeness (QED) is 0.244. The van der Waals surface area contributed by atoms with E-state index < -0.39 is 0 Å². The predicted molar refractivity (Wildman–Crippen MR) is 138 cm³/mol. The van der Waals surface area contributed by atoms with Crippen molar-refractivity contribution in [2.75, 3.05) is 40.3 Å². The average molecular weight is 544 g/mol. The number of carbonyl (C=O) groups excluding carboxylic acids is 1. The van der Waals surface area contributed by atoms with Gasteiger partial charge in [0.15, 0.2) is 5.96 Å². The lowest BCUT2D eigenvalue weighted by atomic mass is 10.1. The van der Waals surface area contributed by atoms with Crippen LogP contribution in [-0.4, -0.2) is 57.0 Å². The van der Waals surface area contributed by atoms with E-state index in [4.69, 9.17) is 0 Å². The van der Waals surface area contributed by atoms with Crippen LogP contribution in [0, 0.1) is 0 Å². The zero-order valence-corrected chi connectivity index (χ0v) is 21.4. The fourth-order valence-corrected chi connectivity index (χ4v) is 3.53. The molecule has 0 aliphatic rings. The van der Waals surface area contributed by atoms with Crippen molar-refractivity contribution in [3.8, 4) is 0 Å². The summed E-state index contributed by atoms with van der Waals surface area (Å²) in [7, 11) is 3.98. The Morgan fingerprint density at radius 2 is 1.97 bits per heavy atom. The van der Waals surface area contributed by atoms with Crippen molar-refractivity contribution in [2.24, 2.45) is 4.99 Å². The summed E-state index contributed by atoms with van der Waals surface area (Å²) in [4.78, 5) is 20.4. The minimum absolute atomic E-state index is 0. The molecular weight excluding hydrogens is 509 g/mol. The fraction of sp³-hybridized carbons (Fsp3) is 0.455. The van der Waals surface area contributed by atoms with Gasteiger partial charge in [0.1, 0.15) is 0 Å². The molecule has 1 aromatic heterocycles. The standard InChI is InChI=1S/C22H33N5OS.HI/c1-5-23-22(25-15-17(2)20-10-7-13-29-20)26-16-18-8-6-9-19(14-18)21(28)24-11-12-27(3)4;/h6-10,13-14,17H,5,11-12,15-16H2,1-4H3,(H,24,28)(H2,23,25,26);1H. The summed E-state index contributed by atoms with van der Waals surface area (Å²) in [5, 5.41) is 11.8. The van der Waals surface area contributed by atoms with Gasteiger partial charge in [0.25, 0.3) is 5.91 Å². The van der Waals surface area contributed by atoms with Gasteiger partial charge in [0, 0.05) is 42.5 Å². The highest BCUT2D eigenvalue weighted by Gasteiger charge is 2.08. The first-order valence-corrected chi connectivity index (χ1v) is 10.9. The number of guanidine groups is 1. The van der Waals surface area contributed by atoms with Gasteiger partial charge in [-0.3, -0.25) is 4.79 Å². The van der Waals surface area contributed by atoms with E-state index in [-0.39, 0.29) is 29.9 Å². The van der Waals surface area contributed by atoms with Crippen LogP contribution in [0.5, 0.6) is 0 Å². The second-order valence-electron chi connectivity index (χ2n) is 7.25. The summed E-state index contributed by atoms with van der Waals surface area (Å²) in [6.07, 6.45) is 0. The molecule has 0 radical (unpaired) electrons. The first kappa shape index (κ1) is 26.4. The Bertz CT molecular complexity index is 780. The zero-order valence-electron chi connectivity index (χ0n) is 18.3. The number of carbonyl (C=O) groups is 1. The third-order valence-corrected chi connectivity index (χ3v) is 5.51. The van der Waals surface area contributed by atoms with Gasteiger partial charge in [0.05, 0.1) is 6.54 Å². The van der Waals surface area contributed by atoms with E-state index >= 15 is 0 Å². The summed E-state index contributed by atoms with van der Waals surface area (Å²) in [6, 6.07) is 11.9. The molecule has 1 atom stereocenters. The highest BCUT2D eigenvalue weighted by Crippen LogP contribution is 2.19. The van der Waals surface area contributed by atoms with Gasteiger partial charge >= 0.3 is 0 Å². The van der Waals surface area contributed by atoms with Gasteiger partial charge in [0.2, 0.25) is 0 Å². The van der Waals surface area contributed by atoms with Crippen LogP contribution >= 0.6 is 35.3 Å². The summed E-state index contributed by atoms with van der Waals surface area (Å²) in [5.41, 5.74) is 1.68. The van der Waals surface area contributed by atoms with Crippen molar-refractivity contribution in [1.82, 2.24) is 20.9 Å². The first-order chi connectivity index (χ1) is 14.0. The Morgan fingerprint density at radius 3 is 2.63 bits per heavy atom. The zero-order chi connectivity index (χ0) is 21.1. The Morgan fingerprint density at radius 1 is 1.17 bits per heavy atom. The molecule has 1 amide bonds. The number of amides is 1. The van der Waals surface area contributed by atoms with Gasteiger partial charge in [-0.05, 0) is 50.2 Å². The van der Waals surface area contributed by atoms with Crippen molar-refractivity contribution in [2.45, 2.75) is 26.3 Å². The van der Waals surface area contributed by atoms with E-state index in [1.807, 2.05) is 43.3 Å². The molecule has 8 heteroatoms. The number of nitrogens with one attached hydrogen (secondary N) is 3. The molecule has 2 rings (SSSR count). The molecule has 0 spiro atoms. The lowest BCUT2D eigenvalue weighted by Crippen LogP contribution is -2.39. The largest absolute Gasteiger partial charge is 0.357 e. The van der Waals surface area contributed by atoms with Crippen LogP contribution in [0.15, 0.2) is 46.8 Å². The van der Waals surface area contributed by atoms with E-state index in [2.05, 4.69) is 52.3 Å². The topological polar surface area (TPSA) is 68.8 Å². The minimum Gasteiger partial charge on any atom is -0.357 e. The molecule has 0 aliphatic carbocycles. The highest BCUT2D eigenvalue weighted by molar-refractivity contribution is 14.0. The molecule has 0 aliphatic heterocycles. The lowest BCUT2D eigenvalue weighted by molar-refractivity contribution is 0.0951. The number of aliphatic imine (C=N–C) groups is 1. The molecule has 6 nitrogen and oxygen atoms in total. The van der Waals surface area contributed by atoms with Crippen molar-refractivity contribution >= 4 is 47.2 Å². The number of rotatable bonds is 10. The normalized spacial score (nSPS) is 12.2. The van der Waals surface area contributed by atoms with Crippen LogP contribution in [0.2, 0.25) is 0 Å². The fourth-order valence-electron chi connectivity index (χ4n) is 2.74. The number of halogens is 1. The van der Waals surface area contributed by atoms with Crippen LogP contribution in [0.4, 0.5) is 0 Å². The third-order valence-electron chi connectivity index (χ3n) is 4.40. The monoisotopic (exact) mass is 543 g/mol. The summed E-state index contributed by atoms with van der Waals surface area (Å²) in [6.45, 7) is 7.84. The summed E-state index contributed by atoms with van der Waals surface area (Å²) < 4.78 is 0. The number of benzene rings is 1. The lowest BCUT2D eigenvalue weighted by Gasteiger charge is -2.15. The van der Waals surface area contributed by atoms with Gasteiger partial charge in [-0.1, -0.05) is 25.1 Å². The third kappa shape index (κ3) is 9.44. The Labute approximate surface area is 201 Å². The van der Waals surface area contributed by atoms with Gasteiger partial charge in [-0.25, -0.2) is 4.99 Å². The Kier molecular flexibility index (Phi) is 12.6. The van der Waals surface area contributed by atoms with Crippen molar-refractivity contribution < 1.29 is 4.79 Å². The van der Waals surface area contributed by atoms with Crippen molar-refractivity contribution in [1.29, 1.82) is 0 Å². The van der Waals surface area contributed by atoms with E-state index in [0.29, 0.717) is 24.6 Å². The first-order valence-electron chi connectivity index (χ1n) is 10.1. The molecule has 0 bridgehead atoms. The summed E-state index contributed by atoms with van der Waals surface area (Å²) >= 11 is 1.78. The van der Waals surface area contributed by atoms with Crippen LogP contribution in [-0.2, 0) is 6.54 Å². The second-order valence-corrected chi connectivity index (χ2v) is 8.23. The maximum atomic E-state index is 12.3. The van der Waals surface area contributed by atoms with Crippen LogP contribution in [0.3, 0.4) is 0 Å². The average Bonchev–Trinajstić information content (AvgIpc) is 3.24. The molecular formula is C22H34IN5OS. The molecule has 3 N–H and O–H groups in total. The predicted octanol–water partition coefficient (Wildman–Crippen LogP) is 3.52. The van der Waals surface area contributed by atoms with Gasteiger partial charge < -0.3 is 20.9 Å². The molecule has 1 heterocycles. The van der Waals surface area contributed by atoms with E-state index in [1.54, 1.807) is 11.3 Å². The number of hydrogen-bond acceptors (Lipinski definition) is 4. The molecule has 30 heavy (non-hydrogen) atoms. The smallest absolute Gasteiger partial charge is 0.251 e. The maximum absolute atomic E-state index is 12.3. The highest BCUT2D eigenvalue weighted by atomic mass is 127. The van der Waals surface area contributed by atoms with E-state index in [1.165, 1.54) is 4.88 Å². The van der Waals surface area contributed by atoms with Gasteiger partial charge in [-0.15, -0.1) is 35.3 Å². The second kappa shape index (κ2) is 14.4. The van der Waals surface area contributed by atoms with Crippen LogP contribution < -0.4 is 16.0 Å². The maximum Gasteiger partial charge on any atom is 0.251 e. The Hall–Kier alpha value is -1.65. The minimum atomic E-state index is -0.0486. The summed E-state index contributed by atoms with van der Waals surface area (Å²) in [5.74, 6) is 1.16. The van der Waals surface area contributed by atoms with Crippen molar-refractivity contribution in [3.05, 3.63) is 57.8 Å². The number of nitrogens with zero attached hydrogens (tertiary/aromatic N) is 2. The van der Waals surface area contributed by atoms with Crippen LogP contribution in [0.25, 0.3) is 0 Å². The SMILES string of the molecule is CCNC(=NCc1cccc(C(=O)NCCN(C)C)c1)NCC(C)c1cccs1.I. The Balaban J connectivity index is 0.00000450. The molecule has 1 aromatic carbocycles. The van der Waals surface area contributed by atoms with E-state index in [0.717, 1.165) is 31.2 Å².